The predicted octanol–water partition coefficient (Wildman–Crippen LogP) is 2.30. The Morgan fingerprint density at radius 2 is 1.83 bits per heavy atom. The number of aromatic nitrogens is 2. The zero-order valence-corrected chi connectivity index (χ0v) is 14.0. The number of rotatable bonds is 3. The molecule has 0 fully saturated rings. The number of benzene rings is 1. The standard InChI is InChI=1S/C16H18ClN5O/c1-9-10(2)21-14(11(3)20-9)15(23)22-16(18)19-8-12-6-4-5-7-13(12)17/h4-7H,8H2,1-3H3,(H3,18,19,22,23). The van der Waals surface area contributed by atoms with E-state index in [9.17, 15) is 4.79 Å². The van der Waals surface area contributed by atoms with E-state index in [0.29, 0.717) is 16.4 Å². The summed E-state index contributed by atoms with van der Waals surface area (Å²) in [6.45, 7) is 5.65. The first-order valence-corrected chi connectivity index (χ1v) is 7.42. The van der Waals surface area contributed by atoms with Crippen LogP contribution in [0.1, 0.15) is 33.1 Å². The molecule has 2 rings (SSSR count). The number of guanidine groups is 1. The first-order valence-electron chi connectivity index (χ1n) is 7.05. The number of carbonyl (C=O) groups excluding carboxylic acids is 1. The maximum absolute atomic E-state index is 12.2. The minimum atomic E-state index is -0.432. The van der Waals surface area contributed by atoms with Gasteiger partial charge in [0.25, 0.3) is 5.91 Å². The van der Waals surface area contributed by atoms with E-state index in [2.05, 4.69) is 20.3 Å². The number of nitrogens with two attached hydrogens (primary N) is 1. The van der Waals surface area contributed by atoms with Crippen LogP contribution in [0.3, 0.4) is 0 Å². The van der Waals surface area contributed by atoms with Crippen LogP contribution in [0.2, 0.25) is 5.02 Å². The molecule has 0 aliphatic carbocycles. The van der Waals surface area contributed by atoms with E-state index in [4.69, 9.17) is 17.3 Å². The Morgan fingerprint density at radius 3 is 2.52 bits per heavy atom. The molecule has 0 spiro atoms. The Labute approximate surface area is 139 Å². The first kappa shape index (κ1) is 16.9. The minimum Gasteiger partial charge on any atom is -0.370 e. The van der Waals surface area contributed by atoms with Crippen molar-refractivity contribution < 1.29 is 4.79 Å². The molecule has 0 aliphatic heterocycles. The maximum atomic E-state index is 12.2. The molecule has 0 atom stereocenters. The molecule has 0 unspecified atom stereocenters. The number of amides is 1. The number of aryl methyl sites for hydroxylation is 3. The molecular formula is C16H18ClN5O. The van der Waals surface area contributed by atoms with Crippen LogP contribution in [0.5, 0.6) is 0 Å². The molecule has 6 nitrogen and oxygen atoms in total. The Hall–Kier alpha value is -2.47. The molecule has 1 amide bonds. The molecule has 7 heteroatoms. The molecule has 0 saturated heterocycles. The first-order chi connectivity index (χ1) is 10.9. The van der Waals surface area contributed by atoms with Gasteiger partial charge in [-0.05, 0) is 32.4 Å². The number of hydrogen-bond acceptors (Lipinski definition) is 4. The number of carbonyl (C=O) groups is 1. The maximum Gasteiger partial charge on any atom is 0.278 e. The lowest BCUT2D eigenvalue weighted by Crippen LogP contribution is -2.37. The van der Waals surface area contributed by atoms with Crippen LogP contribution >= 0.6 is 11.6 Å². The molecule has 1 aromatic heterocycles. The third kappa shape index (κ3) is 4.26. The molecule has 0 aliphatic rings. The van der Waals surface area contributed by atoms with Crippen molar-refractivity contribution in [2.24, 2.45) is 10.7 Å². The number of nitrogens with zero attached hydrogens (tertiary/aromatic N) is 3. The summed E-state index contributed by atoms with van der Waals surface area (Å²) in [5, 5.41) is 3.12. The van der Waals surface area contributed by atoms with Crippen molar-refractivity contribution in [3.8, 4) is 0 Å². The average Bonchev–Trinajstić information content (AvgIpc) is 2.50. The summed E-state index contributed by atoms with van der Waals surface area (Å²) in [5.41, 5.74) is 8.86. The van der Waals surface area contributed by atoms with Crippen LogP contribution in [-0.2, 0) is 6.54 Å². The molecule has 1 aromatic carbocycles. The minimum absolute atomic E-state index is 0.00866. The van der Waals surface area contributed by atoms with Gasteiger partial charge >= 0.3 is 0 Å². The highest BCUT2D eigenvalue weighted by atomic mass is 35.5. The van der Waals surface area contributed by atoms with Gasteiger partial charge in [0.15, 0.2) is 5.96 Å². The molecule has 23 heavy (non-hydrogen) atoms. The van der Waals surface area contributed by atoms with Crippen LogP contribution in [0, 0.1) is 20.8 Å². The van der Waals surface area contributed by atoms with Crippen molar-refractivity contribution in [1.82, 2.24) is 15.3 Å². The quantitative estimate of drug-likeness (QED) is 0.666. The summed E-state index contributed by atoms with van der Waals surface area (Å²) in [6.07, 6.45) is 0. The summed E-state index contributed by atoms with van der Waals surface area (Å²) >= 11 is 6.05. The zero-order chi connectivity index (χ0) is 17.0. The van der Waals surface area contributed by atoms with E-state index in [0.717, 1.165) is 11.3 Å². The van der Waals surface area contributed by atoms with Gasteiger partial charge in [-0.1, -0.05) is 29.8 Å². The third-order valence-electron chi connectivity index (χ3n) is 3.32. The zero-order valence-electron chi connectivity index (χ0n) is 13.2. The van der Waals surface area contributed by atoms with Gasteiger partial charge in [-0.2, -0.15) is 0 Å². The van der Waals surface area contributed by atoms with Gasteiger partial charge in [0.1, 0.15) is 5.69 Å². The van der Waals surface area contributed by atoms with Crippen LogP contribution in [0.4, 0.5) is 0 Å². The van der Waals surface area contributed by atoms with Gasteiger partial charge in [-0.25, -0.2) is 9.98 Å². The van der Waals surface area contributed by atoms with Crippen LogP contribution in [-0.4, -0.2) is 21.8 Å². The van der Waals surface area contributed by atoms with Gasteiger partial charge in [0, 0.05) is 5.02 Å². The summed E-state index contributed by atoms with van der Waals surface area (Å²) in [5.74, 6) is -0.423. The van der Waals surface area contributed by atoms with E-state index in [1.165, 1.54) is 0 Å². The molecule has 3 N–H and O–H groups in total. The fourth-order valence-electron chi connectivity index (χ4n) is 1.94. The van der Waals surface area contributed by atoms with E-state index < -0.39 is 5.91 Å². The Kier molecular flexibility index (Phi) is 5.28. The van der Waals surface area contributed by atoms with Crippen molar-refractivity contribution in [2.45, 2.75) is 27.3 Å². The summed E-state index contributed by atoms with van der Waals surface area (Å²) in [4.78, 5) is 24.9. The van der Waals surface area contributed by atoms with Gasteiger partial charge in [0.05, 0.1) is 23.6 Å². The van der Waals surface area contributed by atoms with Crippen molar-refractivity contribution in [1.29, 1.82) is 0 Å². The second-order valence-corrected chi connectivity index (χ2v) is 5.48. The Balaban J connectivity index is 2.09. The molecule has 120 valence electrons. The number of nitrogens with one attached hydrogen (secondary N) is 1. The highest BCUT2D eigenvalue weighted by Crippen LogP contribution is 2.15. The van der Waals surface area contributed by atoms with E-state index in [1.54, 1.807) is 19.9 Å². The predicted molar refractivity (Wildman–Crippen MR) is 90.5 cm³/mol. The number of hydrogen-bond donors (Lipinski definition) is 2. The molecule has 0 radical (unpaired) electrons. The van der Waals surface area contributed by atoms with E-state index >= 15 is 0 Å². The van der Waals surface area contributed by atoms with Gasteiger partial charge in [-0.15, -0.1) is 0 Å². The lowest BCUT2D eigenvalue weighted by molar-refractivity contribution is 0.0970. The summed E-state index contributed by atoms with van der Waals surface area (Å²) in [6, 6.07) is 7.32. The van der Waals surface area contributed by atoms with Crippen molar-refractivity contribution in [2.75, 3.05) is 0 Å². The molecule has 0 bridgehead atoms. The topological polar surface area (TPSA) is 93.3 Å². The fraction of sp³-hybridized carbons (Fsp3) is 0.250. The summed E-state index contributed by atoms with van der Waals surface area (Å²) < 4.78 is 0. The van der Waals surface area contributed by atoms with Crippen molar-refractivity contribution in [3.63, 3.8) is 0 Å². The Morgan fingerprint density at radius 1 is 1.17 bits per heavy atom. The second-order valence-electron chi connectivity index (χ2n) is 5.08. The monoisotopic (exact) mass is 331 g/mol. The highest BCUT2D eigenvalue weighted by molar-refractivity contribution is 6.31. The molecule has 1 heterocycles. The van der Waals surface area contributed by atoms with Crippen molar-refractivity contribution >= 4 is 23.5 Å². The third-order valence-corrected chi connectivity index (χ3v) is 3.68. The van der Waals surface area contributed by atoms with Crippen LogP contribution < -0.4 is 11.1 Å². The van der Waals surface area contributed by atoms with Gasteiger partial charge in [0.2, 0.25) is 0 Å². The molecule has 0 saturated carbocycles. The largest absolute Gasteiger partial charge is 0.370 e. The summed E-state index contributed by atoms with van der Waals surface area (Å²) in [7, 11) is 0. The molecular weight excluding hydrogens is 314 g/mol. The number of halogens is 1. The SMILES string of the molecule is Cc1nc(C)c(C(=O)NC(N)=NCc2ccccc2Cl)nc1C. The van der Waals surface area contributed by atoms with Crippen molar-refractivity contribution in [3.05, 3.63) is 57.6 Å². The van der Waals surface area contributed by atoms with Gasteiger partial charge in [-0.3, -0.25) is 15.1 Å². The lowest BCUT2D eigenvalue weighted by atomic mass is 10.2. The van der Waals surface area contributed by atoms with E-state index in [-0.39, 0.29) is 18.2 Å². The normalized spacial score (nSPS) is 11.4. The fourth-order valence-corrected chi connectivity index (χ4v) is 2.14. The second kappa shape index (κ2) is 7.19. The van der Waals surface area contributed by atoms with Gasteiger partial charge < -0.3 is 5.73 Å². The van der Waals surface area contributed by atoms with Crippen LogP contribution in [0.15, 0.2) is 29.3 Å². The number of aliphatic imine (C=N–C) groups is 1. The van der Waals surface area contributed by atoms with E-state index in [1.807, 2.05) is 25.1 Å². The molecule has 2 aromatic rings. The smallest absolute Gasteiger partial charge is 0.278 e. The lowest BCUT2D eigenvalue weighted by Gasteiger charge is -2.08. The van der Waals surface area contributed by atoms with Crippen LogP contribution in [0.25, 0.3) is 0 Å². The Bertz CT molecular complexity index is 773. The average molecular weight is 332 g/mol. The highest BCUT2D eigenvalue weighted by Gasteiger charge is 2.14.